The number of benzene rings is 1. The van der Waals surface area contributed by atoms with Gasteiger partial charge in [0, 0.05) is 11.5 Å². The highest BCUT2D eigenvalue weighted by Gasteiger charge is 2.39. The Balaban J connectivity index is 2.60. The van der Waals surface area contributed by atoms with E-state index in [0.29, 0.717) is 18.4 Å². The summed E-state index contributed by atoms with van der Waals surface area (Å²) in [5, 5.41) is 41.8. The van der Waals surface area contributed by atoms with Gasteiger partial charge in [0.2, 0.25) is 0 Å². The van der Waals surface area contributed by atoms with Gasteiger partial charge in [0.05, 0.1) is 5.60 Å². The van der Waals surface area contributed by atoms with Gasteiger partial charge in [-0.05, 0) is 64.0 Å². The number of rotatable bonds is 7. The summed E-state index contributed by atoms with van der Waals surface area (Å²) >= 11 is 0. The number of hydrogen-bond acceptors (Lipinski definition) is 4. The second kappa shape index (κ2) is 8.34. The molecule has 0 fully saturated rings. The van der Waals surface area contributed by atoms with E-state index in [-0.39, 0.29) is 28.5 Å². The zero-order chi connectivity index (χ0) is 20.4. The van der Waals surface area contributed by atoms with E-state index in [2.05, 4.69) is 6.92 Å². The molecule has 1 aliphatic rings. The molecule has 2 unspecified atom stereocenters. The van der Waals surface area contributed by atoms with Crippen molar-refractivity contribution in [3.05, 3.63) is 34.4 Å². The summed E-state index contributed by atoms with van der Waals surface area (Å²) in [5.74, 6) is -2.35. The minimum Gasteiger partial charge on any atom is -0.507 e. The summed E-state index contributed by atoms with van der Waals surface area (Å²) in [5.41, 5.74) is 0.598. The zero-order valence-corrected chi connectivity index (χ0v) is 16.7. The van der Waals surface area contributed by atoms with Gasteiger partial charge in [0.25, 0.3) is 0 Å². The molecular weight excluding hydrogens is 344 g/mol. The molecule has 0 aromatic heterocycles. The Kier molecular flexibility index (Phi) is 6.58. The number of carbonyl (C=O) groups is 1. The molecule has 1 aromatic carbocycles. The molecule has 2 atom stereocenters. The van der Waals surface area contributed by atoms with Crippen LogP contribution >= 0.6 is 0 Å². The zero-order valence-electron chi connectivity index (χ0n) is 16.7. The van der Waals surface area contributed by atoms with Gasteiger partial charge in [-0.25, -0.2) is 4.79 Å². The molecule has 1 aliphatic carbocycles. The Morgan fingerprint density at radius 1 is 1.26 bits per heavy atom. The van der Waals surface area contributed by atoms with Gasteiger partial charge in [-0.15, -0.1) is 0 Å². The number of carboxylic acid groups (broad SMARTS) is 1. The lowest BCUT2D eigenvalue weighted by atomic mass is 9.69. The van der Waals surface area contributed by atoms with Crippen LogP contribution in [0.3, 0.4) is 0 Å². The Labute approximate surface area is 161 Å². The number of carboxylic acids is 1. The monoisotopic (exact) mass is 376 g/mol. The molecule has 0 heterocycles. The molecule has 0 saturated heterocycles. The Morgan fingerprint density at radius 3 is 2.48 bits per heavy atom. The van der Waals surface area contributed by atoms with E-state index in [1.165, 1.54) is 6.07 Å². The number of aromatic hydroxyl groups is 2. The first kappa shape index (κ1) is 21.3. The van der Waals surface area contributed by atoms with E-state index in [1.54, 1.807) is 13.8 Å². The van der Waals surface area contributed by atoms with Gasteiger partial charge < -0.3 is 20.4 Å². The van der Waals surface area contributed by atoms with Crippen molar-refractivity contribution < 1.29 is 25.2 Å². The number of hydrogen-bond donors (Lipinski definition) is 4. The highest BCUT2D eigenvalue weighted by molar-refractivity contribution is 5.94. The molecule has 150 valence electrons. The van der Waals surface area contributed by atoms with Crippen molar-refractivity contribution >= 4 is 5.97 Å². The first-order valence-corrected chi connectivity index (χ1v) is 9.78. The third kappa shape index (κ3) is 4.64. The maximum atomic E-state index is 11.9. The largest absolute Gasteiger partial charge is 0.507 e. The van der Waals surface area contributed by atoms with E-state index in [0.717, 1.165) is 31.3 Å². The standard InChI is InChI=1S/C22H32O5/c1-5-6-7-8-14-12-17(23)19(20(24)18(14)21(25)26)15-11-13(2)9-10-16(15)22(3,4)27/h11-12,15-16,23-24,27H,5-10H2,1-4H3,(H,25,26). The van der Waals surface area contributed by atoms with Gasteiger partial charge in [-0.3, -0.25) is 0 Å². The molecule has 0 spiro atoms. The van der Waals surface area contributed by atoms with Crippen LogP contribution in [0.5, 0.6) is 11.5 Å². The van der Waals surface area contributed by atoms with Gasteiger partial charge in [0.1, 0.15) is 17.1 Å². The molecule has 27 heavy (non-hydrogen) atoms. The summed E-state index contributed by atoms with van der Waals surface area (Å²) in [4.78, 5) is 11.9. The summed E-state index contributed by atoms with van der Waals surface area (Å²) in [6.45, 7) is 7.46. The fraction of sp³-hybridized carbons (Fsp3) is 0.591. The highest BCUT2D eigenvalue weighted by Crippen LogP contribution is 2.49. The van der Waals surface area contributed by atoms with Crippen LogP contribution in [-0.2, 0) is 6.42 Å². The molecule has 5 heteroatoms. The number of aliphatic hydroxyl groups is 1. The van der Waals surface area contributed by atoms with Crippen molar-refractivity contribution in [2.24, 2.45) is 5.92 Å². The SMILES string of the molecule is CCCCCc1cc(O)c(C2C=C(C)CCC2C(C)(C)O)c(O)c1C(=O)O. The Morgan fingerprint density at radius 2 is 1.93 bits per heavy atom. The van der Waals surface area contributed by atoms with Crippen molar-refractivity contribution in [3.63, 3.8) is 0 Å². The maximum Gasteiger partial charge on any atom is 0.339 e. The van der Waals surface area contributed by atoms with Gasteiger partial charge in [-0.1, -0.05) is 31.4 Å². The van der Waals surface area contributed by atoms with Crippen LogP contribution < -0.4 is 0 Å². The summed E-state index contributed by atoms with van der Waals surface area (Å²) < 4.78 is 0. The van der Waals surface area contributed by atoms with Crippen LogP contribution in [0.2, 0.25) is 0 Å². The number of unbranched alkanes of at least 4 members (excludes halogenated alkanes) is 2. The van der Waals surface area contributed by atoms with E-state index < -0.39 is 17.5 Å². The Bertz CT molecular complexity index is 727. The lowest BCUT2D eigenvalue weighted by molar-refractivity contribution is 0.00420. The molecule has 0 amide bonds. The fourth-order valence-electron chi connectivity index (χ4n) is 4.20. The normalized spacial score (nSPS) is 20.4. The van der Waals surface area contributed by atoms with E-state index in [4.69, 9.17) is 0 Å². The number of phenols is 2. The minimum absolute atomic E-state index is 0.103. The van der Waals surface area contributed by atoms with E-state index in [1.807, 2.05) is 13.0 Å². The van der Waals surface area contributed by atoms with Crippen LogP contribution in [0.25, 0.3) is 0 Å². The summed E-state index contributed by atoms with van der Waals surface area (Å²) in [7, 11) is 0. The number of aryl methyl sites for hydroxylation is 1. The molecule has 2 rings (SSSR count). The summed E-state index contributed by atoms with van der Waals surface area (Å²) in [6.07, 6.45) is 6.70. The van der Waals surface area contributed by atoms with Gasteiger partial charge >= 0.3 is 5.97 Å². The second-order valence-corrected chi connectivity index (χ2v) is 8.29. The third-order valence-electron chi connectivity index (χ3n) is 5.65. The third-order valence-corrected chi connectivity index (χ3v) is 5.65. The smallest absolute Gasteiger partial charge is 0.339 e. The highest BCUT2D eigenvalue weighted by atomic mass is 16.4. The molecular formula is C22H32O5. The van der Waals surface area contributed by atoms with E-state index >= 15 is 0 Å². The molecule has 1 aromatic rings. The first-order chi connectivity index (χ1) is 12.6. The predicted molar refractivity (Wildman–Crippen MR) is 105 cm³/mol. The van der Waals surface area contributed by atoms with Crippen molar-refractivity contribution in [1.82, 2.24) is 0 Å². The molecule has 0 saturated carbocycles. The van der Waals surface area contributed by atoms with Crippen LogP contribution in [0.15, 0.2) is 17.7 Å². The molecule has 5 nitrogen and oxygen atoms in total. The topological polar surface area (TPSA) is 98.0 Å². The quantitative estimate of drug-likeness (QED) is 0.407. The van der Waals surface area contributed by atoms with Crippen LogP contribution in [0.1, 0.15) is 87.2 Å². The fourth-order valence-corrected chi connectivity index (χ4v) is 4.20. The average molecular weight is 376 g/mol. The second-order valence-electron chi connectivity index (χ2n) is 8.29. The average Bonchev–Trinajstić information content (AvgIpc) is 2.53. The van der Waals surface area contributed by atoms with Crippen molar-refractivity contribution in [2.45, 2.75) is 77.7 Å². The van der Waals surface area contributed by atoms with Crippen molar-refractivity contribution in [1.29, 1.82) is 0 Å². The number of aromatic carboxylic acids is 1. The Hall–Kier alpha value is -2.01. The van der Waals surface area contributed by atoms with Crippen molar-refractivity contribution in [2.75, 3.05) is 0 Å². The molecule has 4 N–H and O–H groups in total. The maximum absolute atomic E-state index is 11.9. The van der Waals surface area contributed by atoms with Crippen LogP contribution in [0, 0.1) is 5.92 Å². The molecule has 0 aliphatic heterocycles. The van der Waals surface area contributed by atoms with Gasteiger partial charge in [0.15, 0.2) is 0 Å². The molecule has 0 bridgehead atoms. The van der Waals surface area contributed by atoms with Crippen LogP contribution in [-0.4, -0.2) is 32.0 Å². The van der Waals surface area contributed by atoms with Crippen LogP contribution in [0.4, 0.5) is 0 Å². The lowest BCUT2D eigenvalue weighted by Crippen LogP contribution is -2.36. The molecule has 0 radical (unpaired) electrons. The lowest BCUT2D eigenvalue weighted by Gasteiger charge is -2.38. The van der Waals surface area contributed by atoms with E-state index in [9.17, 15) is 25.2 Å². The van der Waals surface area contributed by atoms with Crippen molar-refractivity contribution in [3.8, 4) is 11.5 Å². The minimum atomic E-state index is -1.20. The first-order valence-electron chi connectivity index (χ1n) is 9.78. The van der Waals surface area contributed by atoms with Gasteiger partial charge in [-0.2, -0.15) is 0 Å². The number of phenolic OH excluding ortho intramolecular Hbond substituents is 1. The number of allylic oxidation sites excluding steroid dienone is 2. The predicted octanol–water partition coefficient (Wildman–Crippen LogP) is 4.74. The summed E-state index contributed by atoms with van der Waals surface area (Å²) in [6, 6.07) is 1.48.